The predicted molar refractivity (Wildman–Crippen MR) is 86.2 cm³/mol. The van der Waals surface area contributed by atoms with Gasteiger partial charge in [-0.25, -0.2) is 0 Å². The third-order valence-corrected chi connectivity index (χ3v) is 5.14. The van der Waals surface area contributed by atoms with E-state index >= 15 is 0 Å². The number of rotatable bonds is 2. The number of ether oxygens (including phenoxy) is 3. The molecule has 4 atom stereocenters. The van der Waals surface area contributed by atoms with Crippen molar-refractivity contribution in [3.05, 3.63) is 16.7 Å². The van der Waals surface area contributed by atoms with Crippen LogP contribution in [0.15, 0.2) is 0 Å². The summed E-state index contributed by atoms with van der Waals surface area (Å²) in [5.74, 6) is -1.39. The second-order valence-electron chi connectivity index (χ2n) is 6.54. The highest BCUT2D eigenvalue weighted by atomic mass is 16.5. The Morgan fingerprint density at radius 2 is 1.67 bits per heavy atom. The molecule has 3 rings (SSSR count). The van der Waals surface area contributed by atoms with E-state index in [1.165, 1.54) is 14.2 Å². The summed E-state index contributed by atoms with van der Waals surface area (Å²) >= 11 is 0. The van der Waals surface area contributed by atoms with E-state index in [0.29, 0.717) is 17.5 Å². The molecule has 1 fully saturated rings. The maximum atomic E-state index is 13.2. The van der Waals surface area contributed by atoms with Crippen molar-refractivity contribution in [1.29, 1.82) is 0 Å². The lowest BCUT2D eigenvalue weighted by Crippen LogP contribution is -2.49. The van der Waals surface area contributed by atoms with E-state index in [0.717, 1.165) is 0 Å². The van der Waals surface area contributed by atoms with Crippen LogP contribution in [-0.4, -0.2) is 43.1 Å². The lowest BCUT2D eigenvalue weighted by Gasteiger charge is -2.41. The van der Waals surface area contributed by atoms with Gasteiger partial charge in [-0.05, 0) is 27.2 Å². The highest BCUT2D eigenvalue weighted by molar-refractivity contribution is 6.19. The Balaban J connectivity index is 2.30. The number of carbonyl (C=O) groups excluding carboxylic acids is 2. The van der Waals surface area contributed by atoms with Gasteiger partial charge in [-0.3, -0.25) is 9.59 Å². The van der Waals surface area contributed by atoms with E-state index in [2.05, 4.69) is 0 Å². The topological polar surface area (TPSA) is 82.1 Å². The molecule has 0 spiro atoms. The first-order valence-corrected chi connectivity index (χ1v) is 8.04. The summed E-state index contributed by atoms with van der Waals surface area (Å²) in [5.41, 5.74) is 0.910. The number of methoxy groups -OCH3 is 2. The van der Waals surface area contributed by atoms with Crippen LogP contribution in [0.2, 0.25) is 0 Å². The molecule has 1 aliphatic heterocycles. The normalized spacial score (nSPS) is 29.0. The van der Waals surface area contributed by atoms with Gasteiger partial charge in [0.15, 0.2) is 23.1 Å². The van der Waals surface area contributed by atoms with Gasteiger partial charge in [0.05, 0.1) is 37.9 Å². The van der Waals surface area contributed by atoms with Crippen molar-refractivity contribution in [2.75, 3.05) is 14.2 Å². The summed E-state index contributed by atoms with van der Waals surface area (Å²) in [6.07, 6.45) is 0.0580. The van der Waals surface area contributed by atoms with Gasteiger partial charge in [0, 0.05) is 17.0 Å². The average Bonchev–Trinajstić information content (AvgIpc) is 2.52. The van der Waals surface area contributed by atoms with Crippen LogP contribution in [0.3, 0.4) is 0 Å². The zero-order chi connectivity index (χ0) is 17.8. The third kappa shape index (κ3) is 2.13. The number of aromatic hydroxyl groups is 1. The number of carbonyl (C=O) groups is 2. The van der Waals surface area contributed by atoms with Crippen LogP contribution in [0.5, 0.6) is 17.2 Å². The third-order valence-electron chi connectivity index (χ3n) is 5.14. The van der Waals surface area contributed by atoms with Crippen molar-refractivity contribution < 1.29 is 28.9 Å². The molecule has 24 heavy (non-hydrogen) atoms. The molecule has 1 aromatic carbocycles. The number of ketones is 2. The van der Waals surface area contributed by atoms with Crippen LogP contribution >= 0.6 is 0 Å². The van der Waals surface area contributed by atoms with Gasteiger partial charge in [-0.2, -0.15) is 0 Å². The Labute approximate surface area is 140 Å². The zero-order valence-corrected chi connectivity index (χ0v) is 14.5. The molecule has 0 unspecified atom stereocenters. The lowest BCUT2D eigenvalue weighted by molar-refractivity contribution is -0.0745. The number of phenols is 1. The Bertz CT molecular complexity index is 723. The zero-order valence-electron chi connectivity index (χ0n) is 14.5. The molecule has 1 aliphatic carbocycles. The molecule has 6 heteroatoms. The van der Waals surface area contributed by atoms with E-state index in [9.17, 15) is 14.7 Å². The van der Waals surface area contributed by atoms with Gasteiger partial charge in [0.25, 0.3) is 0 Å². The number of fused-ring (bicyclic) bond motifs is 2. The minimum absolute atomic E-state index is 0.00456. The monoisotopic (exact) mass is 334 g/mol. The minimum Gasteiger partial charge on any atom is -0.502 e. The smallest absolute Gasteiger partial charge is 0.201 e. The van der Waals surface area contributed by atoms with Crippen LogP contribution in [0.4, 0.5) is 0 Å². The summed E-state index contributed by atoms with van der Waals surface area (Å²) < 4.78 is 16.2. The van der Waals surface area contributed by atoms with Crippen LogP contribution in [0, 0.1) is 18.8 Å². The van der Waals surface area contributed by atoms with Crippen molar-refractivity contribution in [2.24, 2.45) is 11.8 Å². The van der Waals surface area contributed by atoms with Gasteiger partial charge in [0.1, 0.15) is 0 Å². The maximum absolute atomic E-state index is 13.2. The fraction of sp³-hybridized carbons (Fsp3) is 0.556. The molecule has 0 saturated carbocycles. The van der Waals surface area contributed by atoms with Crippen LogP contribution in [0.25, 0.3) is 0 Å². The van der Waals surface area contributed by atoms with Gasteiger partial charge >= 0.3 is 0 Å². The Hall–Kier alpha value is -2.08. The number of hydrogen-bond donors (Lipinski definition) is 1. The molecule has 130 valence electrons. The summed E-state index contributed by atoms with van der Waals surface area (Å²) in [6, 6.07) is 0. The molecular formula is C18H22O6. The highest BCUT2D eigenvalue weighted by Crippen LogP contribution is 2.50. The summed E-state index contributed by atoms with van der Waals surface area (Å²) in [5, 5.41) is 10.4. The number of phenolic OH excluding ortho intramolecular Hbond substituents is 1. The van der Waals surface area contributed by atoms with Gasteiger partial charge in [-0.15, -0.1) is 0 Å². The molecule has 1 heterocycles. The minimum atomic E-state index is -0.553. The number of hydrogen-bond acceptors (Lipinski definition) is 6. The SMILES string of the molecule is COc1c(C)c2c(c(OC)c1O)C(=O)[C@@H]1[C@@H](C)O[C@@H](C)C[C@H]1C2=O. The molecule has 0 aromatic heterocycles. The number of benzene rings is 1. The van der Waals surface area contributed by atoms with Crippen molar-refractivity contribution in [2.45, 2.75) is 39.4 Å². The number of Topliss-reactive ketones (excluding diaryl/α,β-unsaturated/α-hetero) is 2. The first-order chi connectivity index (χ1) is 11.3. The fourth-order valence-corrected chi connectivity index (χ4v) is 4.16. The molecular weight excluding hydrogens is 312 g/mol. The van der Waals surface area contributed by atoms with E-state index in [1.807, 2.05) is 13.8 Å². The molecule has 0 amide bonds. The Morgan fingerprint density at radius 1 is 1.04 bits per heavy atom. The maximum Gasteiger partial charge on any atom is 0.201 e. The van der Waals surface area contributed by atoms with Gasteiger partial charge in [0.2, 0.25) is 5.75 Å². The van der Waals surface area contributed by atoms with E-state index in [4.69, 9.17) is 14.2 Å². The van der Waals surface area contributed by atoms with E-state index in [-0.39, 0.29) is 46.6 Å². The van der Waals surface area contributed by atoms with E-state index in [1.54, 1.807) is 6.92 Å². The van der Waals surface area contributed by atoms with E-state index < -0.39 is 11.8 Å². The molecule has 0 bridgehead atoms. The first-order valence-electron chi connectivity index (χ1n) is 8.04. The second-order valence-corrected chi connectivity index (χ2v) is 6.54. The van der Waals surface area contributed by atoms with Gasteiger partial charge < -0.3 is 19.3 Å². The lowest BCUT2D eigenvalue weighted by atomic mass is 9.67. The summed E-state index contributed by atoms with van der Waals surface area (Å²) in [7, 11) is 2.77. The van der Waals surface area contributed by atoms with Crippen LogP contribution in [0.1, 0.15) is 46.5 Å². The molecule has 2 aliphatic rings. The highest BCUT2D eigenvalue weighted by Gasteiger charge is 2.50. The Kier molecular flexibility index (Phi) is 4.03. The molecule has 0 radical (unpaired) electrons. The van der Waals surface area contributed by atoms with Crippen molar-refractivity contribution in [3.63, 3.8) is 0 Å². The largest absolute Gasteiger partial charge is 0.502 e. The second kappa shape index (κ2) is 5.77. The predicted octanol–water partition coefficient (Wildman–Crippen LogP) is 2.53. The summed E-state index contributed by atoms with van der Waals surface area (Å²) in [6.45, 7) is 5.39. The molecule has 1 N–H and O–H groups in total. The van der Waals surface area contributed by atoms with Crippen LogP contribution in [-0.2, 0) is 4.74 Å². The average molecular weight is 334 g/mol. The van der Waals surface area contributed by atoms with Crippen LogP contribution < -0.4 is 9.47 Å². The van der Waals surface area contributed by atoms with Crippen molar-refractivity contribution >= 4 is 11.6 Å². The molecule has 1 saturated heterocycles. The molecule has 1 aromatic rings. The quantitative estimate of drug-likeness (QED) is 0.895. The van der Waals surface area contributed by atoms with Crippen molar-refractivity contribution in [3.8, 4) is 17.2 Å². The van der Waals surface area contributed by atoms with Crippen molar-refractivity contribution in [1.82, 2.24) is 0 Å². The molecule has 6 nitrogen and oxygen atoms in total. The Morgan fingerprint density at radius 3 is 2.25 bits per heavy atom. The standard InChI is InChI=1S/C18H22O6/c1-7-6-10-12(9(3)24-7)15(20)13-11(14(10)19)8(2)17(22-4)16(21)18(13)23-5/h7,9-10,12,21H,6H2,1-5H3/t7-,9+,10+,12+/m0/s1. The fourth-order valence-electron chi connectivity index (χ4n) is 4.16. The van der Waals surface area contributed by atoms with Gasteiger partial charge in [-0.1, -0.05) is 0 Å². The summed E-state index contributed by atoms with van der Waals surface area (Å²) in [4.78, 5) is 26.3. The first kappa shape index (κ1) is 16.8.